The zero-order chi connectivity index (χ0) is 12.4. The quantitative estimate of drug-likeness (QED) is 0.802. The number of fused-ring (bicyclic) bond motifs is 1. The minimum atomic E-state index is -0.0994. The van der Waals surface area contributed by atoms with Gasteiger partial charge >= 0.3 is 0 Å². The number of benzene rings is 1. The number of amides is 1. The lowest BCUT2D eigenvalue weighted by Gasteiger charge is -2.24. The molecule has 1 aromatic rings. The van der Waals surface area contributed by atoms with Crippen LogP contribution in [0.25, 0.3) is 0 Å². The van der Waals surface area contributed by atoms with Gasteiger partial charge in [0.2, 0.25) is 0 Å². The first-order chi connectivity index (χ1) is 8.81. The zero-order valence-electron chi connectivity index (χ0n) is 10.1. The van der Waals surface area contributed by atoms with Crippen LogP contribution in [-0.4, -0.2) is 38.3 Å². The van der Waals surface area contributed by atoms with Gasteiger partial charge in [0, 0.05) is 12.6 Å². The van der Waals surface area contributed by atoms with Crippen molar-refractivity contribution in [2.75, 3.05) is 31.7 Å². The van der Waals surface area contributed by atoms with Crippen molar-refractivity contribution in [1.82, 2.24) is 5.32 Å². The lowest BCUT2D eigenvalue weighted by atomic mass is 10.0. The molecule has 0 spiro atoms. The maximum atomic E-state index is 11.2. The fraction of sp³-hybridized carbons (Fsp3) is 0.462. The fourth-order valence-corrected chi connectivity index (χ4v) is 2.28. The van der Waals surface area contributed by atoms with Gasteiger partial charge in [-0.3, -0.25) is 4.79 Å². The van der Waals surface area contributed by atoms with Gasteiger partial charge in [0.1, 0.15) is 5.75 Å². The molecular weight excluding hydrogens is 232 g/mol. The normalized spacial score (nSPS) is 22.9. The van der Waals surface area contributed by atoms with Crippen LogP contribution in [0.2, 0.25) is 0 Å². The Hall–Kier alpha value is -1.59. The minimum Gasteiger partial charge on any atom is -0.482 e. The average Bonchev–Trinajstić information content (AvgIpc) is 2.40. The van der Waals surface area contributed by atoms with Crippen molar-refractivity contribution < 1.29 is 14.3 Å². The summed E-state index contributed by atoms with van der Waals surface area (Å²) < 4.78 is 10.8. The topological polar surface area (TPSA) is 59.6 Å². The highest BCUT2D eigenvalue weighted by atomic mass is 16.5. The highest BCUT2D eigenvalue weighted by Gasteiger charge is 2.18. The van der Waals surface area contributed by atoms with Gasteiger partial charge in [-0.2, -0.15) is 0 Å². The number of carbonyl (C=O) groups excluding carboxylic acids is 1. The molecule has 1 saturated heterocycles. The molecule has 3 rings (SSSR count). The molecule has 0 bridgehead atoms. The van der Waals surface area contributed by atoms with Crippen molar-refractivity contribution in [3.63, 3.8) is 0 Å². The first-order valence-electron chi connectivity index (χ1n) is 6.18. The summed E-state index contributed by atoms with van der Waals surface area (Å²) in [4.78, 5) is 11.2. The zero-order valence-corrected chi connectivity index (χ0v) is 10.1. The summed E-state index contributed by atoms with van der Waals surface area (Å²) in [5.41, 5.74) is 1.94. The van der Waals surface area contributed by atoms with Crippen LogP contribution in [0.1, 0.15) is 5.56 Å². The molecule has 18 heavy (non-hydrogen) atoms. The average molecular weight is 248 g/mol. The summed E-state index contributed by atoms with van der Waals surface area (Å²) in [5, 5.41) is 6.21. The fourth-order valence-electron chi connectivity index (χ4n) is 2.28. The number of morpholine rings is 1. The Morgan fingerprint density at radius 3 is 3.17 bits per heavy atom. The van der Waals surface area contributed by atoms with Crippen molar-refractivity contribution in [3.8, 4) is 5.75 Å². The molecule has 0 radical (unpaired) electrons. The molecule has 2 aliphatic heterocycles. The van der Waals surface area contributed by atoms with E-state index in [4.69, 9.17) is 9.47 Å². The Morgan fingerprint density at radius 1 is 1.39 bits per heavy atom. The number of hydrogen-bond acceptors (Lipinski definition) is 4. The van der Waals surface area contributed by atoms with Crippen LogP contribution < -0.4 is 15.4 Å². The number of nitrogens with one attached hydrogen (secondary N) is 2. The van der Waals surface area contributed by atoms with Crippen molar-refractivity contribution in [2.45, 2.75) is 12.5 Å². The maximum Gasteiger partial charge on any atom is 0.262 e. The van der Waals surface area contributed by atoms with E-state index in [-0.39, 0.29) is 12.5 Å². The first-order valence-corrected chi connectivity index (χ1v) is 6.18. The molecule has 96 valence electrons. The second-order valence-electron chi connectivity index (χ2n) is 4.60. The van der Waals surface area contributed by atoms with E-state index in [9.17, 15) is 4.79 Å². The summed E-state index contributed by atoms with van der Waals surface area (Å²) in [6.45, 7) is 2.54. The number of rotatable bonds is 2. The van der Waals surface area contributed by atoms with E-state index < -0.39 is 0 Å². The smallest absolute Gasteiger partial charge is 0.262 e. The van der Waals surface area contributed by atoms with Crippen molar-refractivity contribution in [1.29, 1.82) is 0 Å². The SMILES string of the molecule is O=C1COc2cc(CC3COCCN3)ccc2N1. The molecule has 0 aromatic heterocycles. The predicted molar refractivity (Wildman–Crippen MR) is 66.9 cm³/mol. The van der Waals surface area contributed by atoms with Gasteiger partial charge in [0.05, 0.1) is 18.9 Å². The van der Waals surface area contributed by atoms with E-state index >= 15 is 0 Å². The maximum absolute atomic E-state index is 11.2. The largest absolute Gasteiger partial charge is 0.482 e. The monoisotopic (exact) mass is 248 g/mol. The van der Waals surface area contributed by atoms with Gasteiger partial charge in [-0.25, -0.2) is 0 Å². The standard InChI is InChI=1S/C13H16N2O3/c16-13-8-18-12-6-9(1-2-11(12)15-13)5-10-7-17-4-3-14-10/h1-2,6,10,14H,3-5,7-8H2,(H,15,16). The van der Waals surface area contributed by atoms with Crippen LogP contribution in [-0.2, 0) is 16.0 Å². The second-order valence-corrected chi connectivity index (χ2v) is 4.60. The molecular formula is C13H16N2O3. The number of ether oxygens (including phenoxy) is 2. The molecule has 5 nitrogen and oxygen atoms in total. The van der Waals surface area contributed by atoms with Crippen LogP contribution in [0.4, 0.5) is 5.69 Å². The molecule has 1 atom stereocenters. The van der Waals surface area contributed by atoms with E-state index in [1.807, 2.05) is 18.2 Å². The second kappa shape index (κ2) is 4.96. The molecule has 1 amide bonds. The van der Waals surface area contributed by atoms with E-state index in [1.165, 1.54) is 5.56 Å². The Balaban J connectivity index is 1.71. The van der Waals surface area contributed by atoms with Gasteiger partial charge in [0.25, 0.3) is 5.91 Å². The van der Waals surface area contributed by atoms with Crippen molar-refractivity contribution in [3.05, 3.63) is 23.8 Å². The van der Waals surface area contributed by atoms with E-state index in [0.29, 0.717) is 6.04 Å². The predicted octanol–water partition coefficient (Wildman–Crippen LogP) is 0.548. The van der Waals surface area contributed by atoms with Crippen LogP contribution in [0.5, 0.6) is 5.75 Å². The Morgan fingerprint density at radius 2 is 2.33 bits per heavy atom. The van der Waals surface area contributed by atoms with Gasteiger partial charge in [-0.1, -0.05) is 6.07 Å². The van der Waals surface area contributed by atoms with Gasteiger partial charge in [-0.15, -0.1) is 0 Å². The van der Waals surface area contributed by atoms with E-state index in [1.54, 1.807) is 0 Å². The third-order valence-electron chi connectivity index (χ3n) is 3.16. The summed E-state index contributed by atoms with van der Waals surface area (Å²) in [6.07, 6.45) is 0.907. The highest BCUT2D eigenvalue weighted by Crippen LogP contribution is 2.28. The van der Waals surface area contributed by atoms with Gasteiger partial charge in [0.15, 0.2) is 6.61 Å². The molecule has 1 unspecified atom stereocenters. The lowest BCUT2D eigenvalue weighted by Crippen LogP contribution is -2.42. The van der Waals surface area contributed by atoms with Crippen molar-refractivity contribution in [2.24, 2.45) is 0 Å². The molecule has 2 heterocycles. The first kappa shape index (κ1) is 11.5. The summed E-state index contributed by atoms with van der Waals surface area (Å²) in [7, 11) is 0. The lowest BCUT2D eigenvalue weighted by molar-refractivity contribution is -0.118. The van der Waals surface area contributed by atoms with E-state index in [0.717, 1.165) is 37.6 Å². The van der Waals surface area contributed by atoms with E-state index in [2.05, 4.69) is 10.6 Å². The molecule has 0 aliphatic carbocycles. The minimum absolute atomic E-state index is 0.0985. The third kappa shape index (κ3) is 2.47. The molecule has 5 heteroatoms. The van der Waals surface area contributed by atoms with Crippen LogP contribution in [0, 0.1) is 0 Å². The Bertz CT molecular complexity index is 456. The number of anilines is 1. The van der Waals surface area contributed by atoms with Gasteiger partial charge < -0.3 is 20.1 Å². The molecule has 1 aromatic carbocycles. The molecule has 2 aliphatic rings. The number of hydrogen-bond donors (Lipinski definition) is 2. The van der Waals surface area contributed by atoms with Crippen LogP contribution in [0.3, 0.4) is 0 Å². The van der Waals surface area contributed by atoms with Crippen LogP contribution >= 0.6 is 0 Å². The molecule has 1 fully saturated rings. The number of carbonyl (C=O) groups is 1. The van der Waals surface area contributed by atoms with Crippen LogP contribution in [0.15, 0.2) is 18.2 Å². The Kier molecular flexibility index (Phi) is 3.17. The van der Waals surface area contributed by atoms with Gasteiger partial charge in [-0.05, 0) is 24.1 Å². The Labute approximate surface area is 105 Å². The third-order valence-corrected chi connectivity index (χ3v) is 3.16. The highest BCUT2D eigenvalue weighted by molar-refractivity contribution is 5.95. The molecule has 0 saturated carbocycles. The summed E-state index contributed by atoms with van der Waals surface area (Å²) in [5.74, 6) is 0.654. The summed E-state index contributed by atoms with van der Waals surface area (Å²) in [6, 6.07) is 6.26. The molecule has 2 N–H and O–H groups in total. The van der Waals surface area contributed by atoms with Crippen molar-refractivity contribution >= 4 is 11.6 Å². The summed E-state index contributed by atoms with van der Waals surface area (Å²) >= 11 is 0.